The summed E-state index contributed by atoms with van der Waals surface area (Å²) < 4.78 is 20.8. The molecule has 0 unspecified atom stereocenters. The molecule has 3 atom stereocenters. The largest absolute Gasteiger partial charge is 0.496 e. The highest BCUT2D eigenvalue weighted by molar-refractivity contribution is 5.84. The van der Waals surface area contributed by atoms with Crippen molar-refractivity contribution >= 4 is 18.0 Å². The van der Waals surface area contributed by atoms with E-state index < -0.39 is 30.0 Å². The summed E-state index contributed by atoms with van der Waals surface area (Å²) in [7, 11) is 4.09. The standard InChI is InChI=1S/C24H27NO7/c1-29-20-12-8-7-11-17(20)19-14-25(24(28)32-15-16-9-5-4-6-10-16)22(23(27)31-3)18(19)13-21(26)30-2/h4-12,18-19,22H,13-15H2,1-3H3/t18-,19+,22+/m0/s1. The molecule has 0 aromatic heterocycles. The molecule has 0 radical (unpaired) electrons. The second-order valence-electron chi connectivity index (χ2n) is 7.45. The number of amides is 1. The topological polar surface area (TPSA) is 91.4 Å². The summed E-state index contributed by atoms with van der Waals surface area (Å²) in [5.74, 6) is -1.43. The molecule has 1 aliphatic heterocycles. The van der Waals surface area contributed by atoms with E-state index in [-0.39, 0.29) is 25.5 Å². The van der Waals surface area contributed by atoms with Gasteiger partial charge >= 0.3 is 18.0 Å². The van der Waals surface area contributed by atoms with Gasteiger partial charge in [-0.2, -0.15) is 0 Å². The van der Waals surface area contributed by atoms with E-state index in [9.17, 15) is 14.4 Å². The van der Waals surface area contributed by atoms with Crippen LogP contribution >= 0.6 is 0 Å². The Hall–Kier alpha value is -3.55. The predicted octanol–water partition coefficient (Wildman–Crippen LogP) is 3.15. The molecule has 32 heavy (non-hydrogen) atoms. The minimum atomic E-state index is -1.00. The third-order valence-corrected chi connectivity index (χ3v) is 5.70. The van der Waals surface area contributed by atoms with E-state index in [1.54, 1.807) is 13.2 Å². The minimum absolute atomic E-state index is 0.0606. The number of carbonyl (C=O) groups is 3. The van der Waals surface area contributed by atoms with Gasteiger partial charge < -0.3 is 18.9 Å². The molecule has 1 fully saturated rings. The molecule has 3 rings (SSSR count). The van der Waals surface area contributed by atoms with Crippen LogP contribution in [0.5, 0.6) is 5.75 Å². The molecule has 1 amide bonds. The van der Waals surface area contributed by atoms with Crippen LogP contribution in [-0.4, -0.2) is 56.8 Å². The van der Waals surface area contributed by atoms with Crippen molar-refractivity contribution in [3.05, 3.63) is 65.7 Å². The Balaban J connectivity index is 1.93. The summed E-state index contributed by atoms with van der Waals surface area (Å²) in [5.41, 5.74) is 1.61. The Morgan fingerprint density at radius 2 is 1.62 bits per heavy atom. The van der Waals surface area contributed by atoms with Crippen molar-refractivity contribution in [2.75, 3.05) is 27.9 Å². The second-order valence-corrected chi connectivity index (χ2v) is 7.45. The highest BCUT2D eigenvalue weighted by Crippen LogP contribution is 2.43. The van der Waals surface area contributed by atoms with Crippen molar-refractivity contribution in [1.29, 1.82) is 0 Å². The first-order chi connectivity index (χ1) is 15.5. The summed E-state index contributed by atoms with van der Waals surface area (Å²) in [6.07, 6.45) is -0.724. The van der Waals surface area contributed by atoms with Crippen LogP contribution in [0.2, 0.25) is 0 Å². The van der Waals surface area contributed by atoms with E-state index in [0.717, 1.165) is 11.1 Å². The highest BCUT2D eigenvalue weighted by Gasteiger charge is 2.51. The van der Waals surface area contributed by atoms with Gasteiger partial charge in [0.25, 0.3) is 0 Å². The van der Waals surface area contributed by atoms with Crippen molar-refractivity contribution in [3.8, 4) is 5.75 Å². The predicted molar refractivity (Wildman–Crippen MR) is 115 cm³/mol. The van der Waals surface area contributed by atoms with Crippen LogP contribution in [0.3, 0.4) is 0 Å². The van der Waals surface area contributed by atoms with E-state index in [1.165, 1.54) is 19.1 Å². The molecule has 0 aliphatic carbocycles. The number of hydrogen-bond acceptors (Lipinski definition) is 7. The Morgan fingerprint density at radius 1 is 0.938 bits per heavy atom. The monoisotopic (exact) mass is 441 g/mol. The molecule has 0 bridgehead atoms. The summed E-state index contributed by atoms with van der Waals surface area (Å²) in [5, 5.41) is 0. The summed E-state index contributed by atoms with van der Waals surface area (Å²) in [6, 6.07) is 15.6. The molecular weight excluding hydrogens is 414 g/mol. The number of methoxy groups -OCH3 is 3. The van der Waals surface area contributed by atoms with E-state index in [4.69, 9.17) is 18.9 Å². The fraction of sp³-hybridized carbons (Fsp3) is 0.375. The van der Waals surface area contributed by atoms with Gasteiger partial charge in [-0.25, -0.2) is 9.59 Å². The van der Waals surface area contributed by atoms with E-state index in [1.807, 2.05) is 48.5 Å². The van der Waals surface area contributed by atoms with Crippen molar-refractivity contribution in [2.45, 2.75) is 25.0 Å². The third-order valence-electron chi connectivity index (χ3n) is 5.70. The lowest BCUT2D eigenvalue weighted by Crippen LogP contribution is -2.44. The zero-order valence-electron chi connectivity index (χ0n) is 18.4. The van der Waals surface area contributed by atoms with Gasteiger partial charge in [-0.15, -0.1) is 0 Å². The Labute approximate surface area is 187 Å². The van der Waals surface area contributed by atoms with Crippen LogP contribution in [0.4, 0.5) is 4.79 Å². The molecule has 8 heteroatoms. The van der Waals surface area contributed by atoms with Gasteiger partial charge in [-0.05, 0) is 17.2 Å². The Morgan fingerprint density at radius 3 is 2.28 bits per heavy atom. The average Bonchev–Trinajstić information content (AvgIpc) is 3.21. The number of esters is 2. The maximum absolute atomic E-state index is 13.0. The average molecular weight is 441 g/mol. The van der Waals surface area contributed by atoms with Crippen LogP contribution in [0.15, 0.2) is 54.6 Å². The fourth-order valence-electron chi connectivity index (χ4n) is 4.16. The van der Waals surface area contributed by atoms with Crippen LogP contribution in [-0.2, 0) is 30.4 Å². The van der Waals surface area contributed by atoms with Gasteiger partial charge in [0.1, 0.15) is 18.4 Å². The molecule has 1 heterocycles. The number of hydrogen-bond donors (Lipinski definition) is 0. The highest BCUT2D eigenvalue weighted by atomic mass is 16.6. The van der Waals surface area contributed by atoms with E-state index in [0.29, 0.717) is 5.75 Å². The summed E-state index contributed by atoms with van der Waals surface area (Å²) >= 11 is 0. The van der Waals surface area contributed by atoms with Gasteiger partial charge in [-0.1, -0.05) is 48.5 Å². The molecule has 1 aliphatic rings. The SMILES string of the molecule is COC(=O)C[C@H]1[C@@H](c2ccccc2OC)CN(C(=O)OCc2ccccc2)[C@H]1C(=O)OC. The third kappa shape index (κ3) is 5.01. The lowest BCUT2D eigenvalue weighted by molar-refractivity contribution is -0.148. The van der Waals surface area contributed by atoms with Gasteiger partial charge in [0, 0.05) is 18.4 Å². The molecule has 0 spiro atoms. The van der Waals surface area contributed by atoms with E-state index >= 15 is 0 Å². The van der Waals surface area contributed by atoms with Gasteiger partial charge in [0.05, 0.1) is 27.8 Å². The lowest BCUT2D eigenvalue weighted by Gasteiger charge is -2.25. The fourth-order valence-corrected chi connectivity index (χ4v) is 4.16. The number of ether oxygens (including phenoxy) is 4. The molecule has 170 valence electrons. The Kier molecular flexibility index (Phi) is 7.70. The summed E-state index contributed by atoms with van der Waals surface area (Å²) in [4.78, 5) is 39.3. The zero-order valence-corrected chi connectivity index (χ0v) is 18.4. The molecule has 2 aromatic carbocycles. The quantitative estimate of drug-likeness (QED) is 0.481. The summed E-state index contributed by atoms with van der Waals surface area (Å²) in [6.45, 7) is 0.223. The van der Waals surface area contributed by atoms with Crippen molar-refractivity contribution in [3.63, 3.8) is 0 Å². The molecule has 1 saturated heterocycles. The normalized spacial score (nSPS) is 19.8. The molecule has 8 nitrogen and oxygen atoms in total. The van der Waals surface area contributed by atoms with Crippen LogP contribution in [0.25, 0.3) is 0 Å². The number of nitrogens with zero attached hydrogens (tertiary/aromatic N) is 1. The smallest absolute Gasteiger partial charge is 0.410 e. The van der Waals surface area contributed by atoms with Crippen LogP contribution < -0.4 is 4.74 Å². The van der Waals surface area contributed by atoms with Gasteiger partial charge in [0.2, 0.25) is 0 Å². The first-order valence-corrected chi connectivity index (χ1v) is 10.2. The molecule has 0 saturated carbocycles. The number of likely N-dealkylation sites (tertiary alicyclic amines) is 1. The molecule has 0 N–H and O–H groups in total. The number of rotatable bonds is 7. The van der Waals surface area contributed by atoms with Crippen LogP contribution in [0.1, 0.15) is 23.5 Å². The lowest BCUT2D eigenvalue weighted by atomic mass is 9.82. The molecular formula is C24H27NO7. The maximum Gasteiger partial charge on any atom is 0.410 e. The number of para-hydroxylation sites is 1. The van der Waals surface area contributed by atoms with Gasteiger partial charge in [-0.3, -0.25) is 9.69 Å². The van der Waals surface area contributed by atoms with Crippen molar-refractivity contribution in [2.24, 2.45) is 5.92 Å². The second kappa shape index (κ2) is 10.7. The minimum Gasteiger partial charge on any atom is -0.496 e. The van der Waals surface area contributed by atoms with Gasteiger partial charge in [0.15, 0.2) is 0 Å². The first kappa shape index (κ1) is 23.1. The zero-order chi connectivity index (χ0) is 23.1. The maximum atomic E-state index is 13.0. The molecule has 2 aromatic rings. The first-order valence-electron chi connectivity index (χ1n) is 10.2. The van der Waals surface area contributed by atoms with Crippen molar-refractivity contribution in [1.82, 2.24) is 4.90 Å². The Bertz CT molecular complexity index is 946. The van der Waals surface area contributed by atoms with Crippen LogP contribution in [0, 0.1) is 5.92 Å². The number of benzene rings is 2. The van der Waals surface area contributed by atoms with E-state index in [2.05, 4.69) is 0 Å². The van der Waals surface area contributed by atoms with Crippen molar-refractivity contribution < 1.29 is 33.3 Å². The number of carbonyl (C=O) groups excluding carboxylic acids is 3.